The van der Waals surface area contributed by atoms with Crippen molar-refractivity contribution in [2.24, 2.45) is 0 Å². The maximum atomic E-state index is 12.7. The summed E-state index contributed by atoms with van der Waals surface area (Å²) >= 11 is 12.2. The lowest BCUT2D eigenvalue weighted by molar-refractivity contribution is -0.164. The van der Waals surface area contributed by atoms with E-state index >= 15 is 0 Å². The minimum Gasteiger partial charge on any atom is -0.396 e. The average Bonchev–Trinajstić information content (AvgIpc) is 2.67. The van der Waals surface area contributed by atoms with Gasteiger partial charge < -0.3 is 14.9 Å². The van der Waals surface area contributed by atoms with Gasteiger partial charge in [0.1, 0.15) is 0 Å². The van der Waals surface area contributed by atoms with Crippen LogP contribution < -0.4 is 0 Å². The Labute approximate surface area is 168 Å². The van der Waals surface area contributed by atoms with Crippen molar-refractivity contribution >= 4 is 35.0 Å². The van der Waals surface area contributed by atoms with Crippen LogP contribution in [0.3, 0.4) is 0 Å². The molecular weight excluding hydrogens is 387 g/mol. The van der Waals surface area contributed by atoms with Crippen molar-refractivity contribution in [2.45, 2.75) is 18.5 Å². The second-order valence-electron chi connectivity index (χ2n) is 6.65. The van der Waals surface area contributed by atoms with Crippen LogP contribution in [0, 0.1) is 0 Å². The number of amides is 2. The molecule has 1 aliphatic rings. The number of rotatable bonds is 5. The number of nitrogens with zero attached hydrogens (tertiary/aromatic N) is 2. The van der Waals surface area contributed by atoms with Gasteiger partial charge in [-0.05, 0) is 29.7 Å². The summed E-state index contributed by atoms with van der Waals surface area (Å²) < 4.78 is 0. The SMILES string of the molecule is CN1C(=O)C(=O)N(Cc2ccccc2)CC1(CCO)c1ccc(Cl)c(Cl)c1. The molecule has 5 nitrogen and oxygen atoms in total. The predicted octanol–water partition coefficient (Wildman–Crippen LogP) is 3.07. The van der Waals surface area contributed by atoms with E-state index in [4.69, 9.17) is 23.2 Å². The van der Waals surface area contributed by atoms with E-state index in [2.05, 4.69) is 0 Å². The Morgan fingerprint density at radius 3 is 2.37 bits per heavy atom. The smallest absolute Gasteiger partial charge is 0.312 e. The Bertz CT molecular complexity index is 860. The zero-order valence-electron chi connectivity index (χ0n) is 14.9. The molecule has 2 amide bonds. The number of likely N-dealkylation sites (N-methyl/N-ethyl adjacent to an activating group) is 1. The Morgan fingerprint density at radius 2 is 1.74 bits per heavy atom. The fourth-order valence-corrected chi connectivity index (χ4v) is 3.84. The molecule has 1 aliphatic heterocycles. The Hall–Kier alpha value is -2.08. The van der Waals surface area contributed by atoms with Crippen molar-refractivity contribution in [3.63, 3.8) is 0 Å². The highest BCUT2D eigenvalue weighted by Gasteiger charge is 2.48. The molecule has 1 heterocycles. The van der Waals surface area contributed by atoms with E-state index in [1.807, 2.05) is 30.3 Å². The number of aliphatic hydroxyl groups is 1. The van der Waals surface area contributed by atoms with E-state index in [1.165, 1.54) is 9.80 Å². The second kappa shape index (κ2) is 7.89. The molecule has 1 unspecified atom stereocenters. The zero-order chi connectivity index (χ0) is 19.6. The van der Waals surface area contributed by atoms with E-state index in [0.717, 1.165) is 11.1 Å². The van der Waals surface area contributed by atoms with Gasteiger partial charge in [-0.2, -0.15) is 0 Å². The lowest BCUT2D eigenvalue weighted by Gasteiger charge is -2.49. The predicted molar refractivity (Wildman–Crippen MR) is 104 cm³/mol. The molecule has 27 heavy (non-hydrogen) atoms. The third kappa shape index (κ3) is 3.68. The van der Waals surface area contributed by atoms with Gasteiger partial charge in [0.15, 0.2) is 0 Å². The van der Waals surface area contributed by atoms with E-state index in [0.29, 0.717) is 16.6 Å². The number of hydrogen-bond acceptors (Lipinski definition) is 3. The van der Waals surface area contributed by atoms with E-state index in [9.17, 15) is 14.7 Å². The van der Waals surface area contributed by atoms with Crippen LogP contribution in [0.25, 0.3) is 0 Å². The first-order valence-electron chi connectivity index (χ1n) is 8.56. The molecule has 0 bridgehead atoms. The van der Waals surface area contributed by atoms with Crippen molar-refractivity contribution in [3.8, 4) is 0 Å². The molecule has 142 valence electrons. The molecule has 1 fully saturated rings. The van der Waals surface area contributed by atoms with Gasteiger partial charge in [0.2, 0.25) is 0 Å². The molecule has 1 atom stereocenters. The van der Waals surface area contributed by atoms with Gasteiger partial charge in [-0.3, -0.25) is 9.59 Å². The summed E-state index contributed by atoms with van der Waals surface area (Å²) in [5.41, 5.74) is 0.769. The van der Waals surface area contributed by atoms with Crippen molar-refractivity contribution in [1.29, 1.82) is 0 Å². The first-order chi connectivity index (χ1) is 12.9. The normalized spacial score (nSPS) is 20.3. The summed E-state index contributed by atoms with van der Waals surface area (Å²) in [7, 11) is 1.58. The minimum absolute atomic E-state index is 0.148. The molecule has 0 aliphatic carbocycles. The number of halogens is 2. The van der Waals surface area contributed by atoms with Crippen LogP contribution in [0.5, 0.6) is 0 Å². The topological polar surface area (TPSA) is 60.9 Å². The third-order valence-corrected chi connectivity index (χ3v) is 5.81. The fraction of sp³-hybridized carbons (Fsp3) is 0.300. The van der Waals surface area contributed by atoms with Crippen LogP contribution in [0.2, 0.25) is 10.0 Å². The molecule has 2 aromatic rings. The Morgan fingerprint density at radius 1 is 1.04 bits per heavy atom. The quantitative estimate of drug-likeness (QED) is 0.776. The molecule has 2 aromatic carbocycles. The number of benzene rings is 2. The molecule has 7 heteroatoms. The minimum atomic E-state index is -0.886. The molecule has 1 N–H and O–H groups in total. The molecule has 0 spiro atoms. The third-order valence-electron chi connectivity index (χ3n) is 5.07. The van der Waals surface area contributed by atoms with Crippen LogP contribution in [-0.2, 0) is 21.7 Å². The maximum absolute atomic E-state index is 12.7. The van der Waals surface area contributed by atoms with Gasteiger partial charge in [-0.15, -0.1) is 0 Å². The fourth-order valence-electron chi connectivity index (χ4n) is 3.54. The lowest BCUT2D eigenvalue weighted by atomic mass is 9.82. The van der Waals surface area contributed by atoms with Gasteiger partial charge in [-0.1, -0.05) is 59.6 Å². The molecule has 0 saturated carbocycles. The first-order valence-corrected chi connectivity index (χ1v) is 9.32. The summed E-state index contributed by atoms with van der Waals surface area (Å²) in [6.07, 6.45) is 0.270. The Balaban J connectivity index is 2.04. The number of carbonyl (C=O) groups is 2. The second-order valence-corrected chi connectivity index (χ2v) is 7.46. The highest BCUT2D eigenvalue weighted by atomic mass is 35.5. The molecule has 3 rings (SSSR count). The monoisotopic (exact) mass is 406 g/mol. The summed E-state index contributed by atoms with van der Waals surface area (Å²) in [5, 5.41) is 10.5. The summed E-state index contributed by atoms with van der Waals surface area (Å²) in [5.74, 6) is -1.17. The number of carbonyl (C=O) groups excluding carboxylic acids is 2. The van der Waals surface area contributed by atoms with Crippen molar-refractivity contribution < 1.29 is 14.7 Å². The first kappa shape index (κ1) is 19.7. The molecule has 1 saturated heterocycles. The average molecular weight is 407 g/mol. The number of piperazine rings is 1. The standard InChI is InChI=1S/C20H20Cl2N2O3/c1-23-18(26)19(27)24(12-14-5-3-2-4-6-14)13-20(23,9-10-25)15-7-8-16(21)17(22)11-15/h2-8,11,25H,9-10,12-13H2,1H3. The van der Waals surface area contributed by atoms with E-state index in [-0.39, 0.29) is 19.6 Å². The largest absolute Gasteiger partial charge is 0.396 e. The highest BCUT2D eigenvalue weighted by Crippen LogP contribution is 2.38. The van der Waals surface area contributed by atoms with Crippen molar-refractivity contribution in [1.82, 2.24) is 9.80 Å². The van der Waals surface area contributed by atoms with E-state index < -0.39 is 17.4 Å². The van der Waals surface area contributed by atoms with Crippen LogP contribution >= 0.6 is 23.2 Å². The van der Waals surface area contributed by atoms with Gasteiger partial charge in [0.05, 0.1) is 15.6 Å². The molecular formula is C20H20Cl2N2O3. The van der Waals surface area contributed by atoms with Gasteiger partial charge >= 0.3 is 11.8 Å². The van der Waals surface area contributed by atoms with Crippen molar-refractivity contribution in [2.75, 3.05) is 20.2 Å². The summed E-state index contributed by atoms with van der Waals surface area (Å²) in [6, 6.07) is 14.6. The highest BCUT2D eigenvalue weighted by molar-refractivity contribution is 6.42. The maximum Gasteiger partial charge on any atom is 0.312 e. The lowest BCUT2D eigenvalue weighted by Crippen LogP contribution is -2.64. The summed E-state index contributed by atoms with van der Waals surface area (Å²) in [6.45, 7) is 0.417. The van der Waals surface area contributed by atoms with Gasteiger partial charge in [0, 0.05) is 26.7 Å². The van der Waals surface area contributed by atoms with Crippen LogP contribution in [0.1, 0.15) is 17.5 Å². The zero-order valence-corrected chi connectivity index (χ0v) is 16.4. The van der Waals surface area contributed by atoms with Crippen LogP contribution in [0.4, 0.5) is 0 Å². The van der Waals surface area contributed by atoms with Gasteiger partial charge in [0.25, 0.3) is 0 Å². The molecule has 0 radical (unpaired) electrons. The van der Waals surface area contributed by atoms with Gasteiger partial charge in [-0.25, -0.2) is 0 Å². The van der Waals surface area contributed by atoms with Crippen molar-refractivity contribution in [3.05, 3.63) is 69.7 Å². The van der Waals surface area contributed by atoms with Crippen LogP contribution in [0.15, 0.2) is 48.5 Å². The number of aliphatic hydroxyl groups excluding tert-OH is 1. The van der Waals surface area contributed by atoms with Crippen LogP contribution in [-0.4, -0.2) is 46.9 Å². The molecule has 0 aromatic heterocycles. The number of hydrogen-bond donors (Lipinski definition) is 1. The Kier molecular flexibility index (Phi) is 5.75. The van der Waals surface area contributed by atoms with E-state index in [1.54, 1.807) is 25.2 Å². The summed E-state index contributed by atoms with van der Waals surface area (Å²) in [4.78, 5) is 28.3.